The zero-order valence-corrected chi connectivity index (χ0v) is 14.2. The van der Waals surface area contributed by atoms with E-state index in [2.05, 4.69) is 0 Å². The molecule has 2 aromatic rings. The number of hydrogen-bond acceptors (Lipinski definition) is 3. The largest absolute Gasteiger partial charge is 0.503 e. The monoisotopic (exact) mass is 336 g/mol. The van der Waals surface area contributed by atoms with Crippen LogP contribution >= 0.6 is 0 Å². The van der Waals surface area contributed by atoms with E-state index in [4.69, 9.17) is 9.47 Å². The summed E-state index contributed by atoms with van der Waals surface area (Å²) in [5, 5.41) is 9.35. The Morgan fingerprint density at radius 3 is 2.28 bits per heavy atom. The maximum atomic E-state index is 11.4. The Labute approximate surface area is 147 Å². The summed E-state index contributed by atoms with van der Waals surface area (Å²) in [6.45, 7) is 0. The van der Waals surface area contributed by atoms with E-state index in [1.807, 2.05) is 60.7 Å². The van der Waals surface area contributed by atoms with E-state index in [0.29, 0.717) is 5.56 Å². The molecule has 0 aliphatic rings. The molecule has 0 amide bonds. The van der Waals surface area contributed by atoms with Gasteiger partial charge in [-0.05, 0) is 28.8 Å². The second-order valence-electron chi connectivity index (χ2n) is 5.15. The van der Waals surface area contributed by atoms with Gasteiger partial charge in [0.2, 0.25) is 0 Å². The maximum absolute atomic E-state index is 11.4. The molecular formula is C21H20O4. The highest BCUT2D eigenvalue weighted by Gasteiger charge is 2.13. The summed E-state index contributed by atoms with van der Waals surface area (Å²) in [5.74, 6) is -0.218. The molecule has 0 aromatic heterocycles. The molecule has 0 radical (unpaired) electrons. The molecule has 0 heterocycles. The SMILES string of the molecule is CO/C=C(/C(=O)O)c1ccccc1C=C/C=C/c1ccc(OC)cc1. The second-order valence-corrected chi connectivity index (χ2v) is 5.15. The first-order valence-electron chi connectivity index (χ1n) is 7.70. The minimum Gasteiger partial charge on any atom is -0.503 e. The topological polar surface area (TPSA) is 55.8 Å². The van der Waals surface area contributed by atoms with Gasteiger partial charge in [0.25, 0.3) is 0 Å². The van der Waals surface area contributed by atoms with Crippen molar-refractivity contribution in [1.82, 2.24) is 0 Å². The molecule has 0 atom stereocenters. The van der Waals surface area contributed by atoms with Gasteiger partial charge in [-0.2, -0.15) is 0 Å². The maximum Gasteiger partial charge on any atom is 0.339 e. The molecule has 0 bridgehead atoms. The minimum atomic E-state index is -1.03. The molecule has 2 rings (SSSR count). The summed E-state index contributed by atoms with van der Waals surface area (Å²) in [7, 11) is 3.06. The standard InChI is InChI=1S/C21H20O4/c1-24-15-20(21(22)23)19-10-6-5-9-17(19)8-4-3-7-16-11-13-18(25-2)14-12-16/h3-15H,1-2H3,(H,22,23)/b7-3+,8-4?,20-15+. The lowest BCUT2D eigenvalue weighted by molar-refractivity contribution is -0.130. The lowest BCUT2D eigenvalue weighted by atomic mass is 10.00. The second kappa shape index (κ2) is 9.13. The summed E-state index contributed by atoms with van der Waals surface area (Å²) in [5.41, 5.74) is 2.56. The quantitative estimate of drug-likeness (QED) is 0.460. The van der Waals surface area contributed by atoms with Crippen LogP contribution in [-0.2, 0) is 9.53 Å². The van der Waals surface area contributed by atoms with Gasteiger partial charge in [0.1, 0.15) is 11.3 Å². The van der Waals surface area contributed by atoms with Crippen molar-refractivity contribution < 1.29 is 19.4 Å². The van der Waals surface area contributed by atoms with E-state index in [9.17, 15) is 9.90 Å². The van der Waals surface area contributed by atoms with Crippen LogP contribution in [0.2, 0.25) is 0 Å². The number of carboxylic acids is 1. The Kier molecular flexibility index (Phi) is 6.60. The Morgan fingerprint density at radius 2 is 1.64 bits per heavy atom. The van der Waals surface area contributed by atoms with Crippen molar-refractivity contribution in [3.63, 3.8) is 0 Å². The molecule has 0 spiro atoms. The van der Waals surface area contributed by atoms with Crippen molar-refractivity contribution in [1.29, 1.82) is 0 Å². The summed E-state index contributed by atoms with van der Waals surface area (Å²) in [6.07, 6.45) is 8.83. The number of ether oxygens (including phenoxy) is 2. The van der Waals surface area contributed by atoms with E-state index in [0.717, 1.165) is 16.9 Å². The Balaban J connectivity index is 2.19. The van der Waals surface area contributed by atoms with Crippen LogP contribution in [0, 0.1) is 0 Å². The van der Waals surface area contributed by atoms with Crippen molar-refractivity contribution in [2.45, 2.75) is 0 Å². The van der Waals surface area contributed by atoms with E-state index < -0.39 is 5.97 Å². The molecule has 4 heteroatoms. The van der Waals surface area contributed by atoms with Crippen LogP contribution in [0.3, 0.4) is 0 Å². The summed E-state index contributed by atoms with van der Waals surface area (Å²) in [4.78, 5) is 11.4. The van der Waals surface area contributed by atoms with Crippen molar-refractivity contribution in [2.75, 3.05) is 14.2 Å². The average Bonchev–Trinajstić information content (AvgIpc) is 2.64. The number of carboxylic acid groups (broad SMARTS) is 1. The average molecular weight is 336 g/mol. The normalized spacial score (nSPS) is 11.8. The fraction of sp³-hybridized carbons (Fsp3) is 0.0952. The van der Waals surface area contributed by atoms with Crippen LogP contribution in [0.4, 0.5) is 0 Å². The summed E-state index contributed by atoms with van der Waals surface area (Å²) in [6, 6.07) is 15.0. The van der Waals surface area contributed by atoms with Crippen molar-refractivity contribution in [3.8, 4) is 5.75 Å². The molecule has 1 N–H and O–H groups in total. The van der Waals surface area contributed by atoms with E-state index >= 15 is 0 Å². The van der Waals surface area contributed by atoms with Gasteiger partial charge in [0, 0.05) is 0 Å². The number of allylic oxidation sites excluding steroid dienone is 2. The number of rotatable bonds is 7. The van der Waals surface area contributed by atoms with Gasteiger partial charge in [-0.25, -0.2) is 4.79 Å². The Hall–Kier alpha value is -3.27. The molecule has 128 valence electrons. The molecular weight excluding hydrogens is 316 g/mol. The van der Waals surface area contributed by atoms with Gasteiger partial charge in [0.05, 0.1) is 20.5 Å². The first-order valence-corrected chi connectivity index (χ1v) is 7.70. The molecule has 25 heavy (non-hydrogen) atoms. The number of hydrogen-bond donors (Lipinski definition) is 1. The van der Waals surface area contributed by atoms with Crippen LogP contribution in [-0.4, -0.2) is 25.3 Å². The first-order chi connectivity index (χ1) is 12.2. The number of carbonyl (C=O) groups is 1. The zero-order chi connectivity index (χ0) is 18.1. The third kappa shape index (κ3) is 5.11. The zero-order valence-electron chi connectivity index (χ0n) is 14.2. The third-order valence-corrected chi connectivity index (χ3v) is 3.51. The number of methoxy groups -OCH3 is 2. The van der Waals surface area contributed by atoms with Crippen LogP contribution in [0.5, 0.6) is 5.75 Å². The van der Waals surface area contributed by atoms with Crippen molar-refractivity contribution in [3.05, 3.63) is 83.6 Å². The number of aliphatic carboxylic acids is 1. The first kappa shape index (κ1) is 18.1. The highest BCUT2D eigenvalue weighted by Crippen LogP contribution is 2.21. The molecule has 0 saturated carbocycles. The number of benzene rings is 2. The fourth-order valence-corrected chi connectivity index (χ4v) is 2.28. The predicted octanol–water partition coefficient (Wildman–Crippen LogP) is 4.49. The molecule has 0 aliphatic heterocycles. The Bertz CT molecular complexity index is 799. The van der Waals surface area contributed by atoms with Crippen LogP contribution in [0.15, 0.2) is 66.9 Å². The van der Waals surface area contributed by atoms with Gasteiger partial charge in [-0.1, -0.05) is 60.7 Å². The minimum absolute atomic E-state index is 0.113. The lowest BCUT2D eigenvalue weighted by Crippen LogP contribution is -2.02. The van der Waals surface area contributed by atoms with Gasteiger partial charge >= 0.3 is 5.97 Å². The van der Waals surface area contributed by atoms with E-state index in [1.165, 1.54) is 13.4 Å². The Morgan fingerprint density at radius 1 is 0.960 bits per heavy atom. The summed E-state index contributed by atoms with van der Waals surface area (Å²) < 4.78 is 10.0. The molecule has 0 aliphatic carbocycles. The highest BCUT2D eigenvalue weighted by atomic mass is 16.5. The molecule has 2 aromatic carbocycles. The van der Waals surface area contributed by atoms with Crippen LogP contribution in [0.1, 0.15) is 16.7 Å². The van der Waals surface area contributed by atoms with Crippen LogP contribution < -0.4 is 4.74 Å². The third-order valence-electron chi connectivity index (χ3n) is 3.51. The fourth-order valence-electron chi connectivity index (χ4n) is 2.28. The molecule has 0 fully saturated rings. The predicted molar refractivity (Wildman–Crippen MR) is 100 cm³/mol. The summed E-state index contributed by atoms with van der Waals surface area (Å²) >= 11 is 0. The van der Waals surface area contributed by atoms with Gasteiger partial charge in [-0.15, -0.1) is 0 Å². The smallest absolute Gasteiger partial charge is 0.339 e. The van der Waals surface area contributed by atoms with Gasteiger partial charge in [0.15, 0.2) is 0 Å². The molecule has 0 saturated heterocycles. The molecule has 0 unspecified atom stereocenters. The van der Waals surface area contributed by atoms with E-state index in [1.54, 1.807) is 19.2 Å². The van der Waals surface area contributed by atoms with Crippen molar-refractivity contribution in [2.24, 2.45) is 0 Å². The van der Waals surface area contributed by atoms with Gasteiger partial charge in [-0.3, -0.25) is 0 Å². The molecule has 4 nitrogen and oxygen atoms in total. The van der Waals surface area contributed by atoms with Crippen LogP contribution in [0.25, 0.3) is 17.7 Å². The highest BCUT2D eigenvalue weighted by molar-refractivity contribution is 6.16. The van der Waals surface area contributed by atoms with Crippen molar-refractivity contribution >= 4 is 23.7 Å². The van der Waals surface area contributed by atoms with Gasteiger partial charge < -0.3 is 14.6 Å². The van der Waals surface area contributed by atoms with E-state index in [-0.39, 0.29) is 5.57 Å². The lowest BCUT2D eigenvalue weighted by Gasteiger charge is -2.06.